The second-order valence-electron chi connectivity index (χ2n) is 4.48. The third-order valence-electron chi connectivity index (χ3n) is 2.91. The number of para-hydroxylation sites is 1. The van der Waals surface area contributed by atoms with E-state index in [1.807, 2.05) is 0 Å². The third kappa shape index (κ3) is 3.51. The number of anilines is 1. The highest BCUT2D eigenvalue weighted by atomic mass is 32.1. The summed E-state index contributed by atoms with van der Waals surface area (Å²) in [5, 5.41) is 4.41. The van der Waals surface area contributed by atoms with Crippen LogP contribution in [-0.4, -0.2) is 10.9 Å². The third-order valence-corrected chi connectivity index (χ3v) is 3.56. The van der Waals surface area contributed by atoms with Crippen molar-refractivity contribution in [3.8, 4) is 10.9 Å². The summed E-state index contributed by atoms with van der Waals surface area (Å²) < 4.78 is 32.6. The van der Waals surface area contributed by atoms with Crippen molar-refractivity contribution >= 4 is 22.9 Å². The Morgan fingerprint density at radius 3 is 2.57 bits per heavy atom. The summed E-state index contributed by atoms with van der Waals surface area (Å²) in [6.07, 6.45) is 1.59. The Morgan fingerprint density at radius 2 is 1.87 bits per heavy atom. The molecule has 0 aliphatic rings. The topological polar surface area (TPSA) is 51.2 Å². The number of hydrogen-bond donors (Lipinski definition) is 1. The summed E-state index contributed by atoms with van der Waals surface area (Å²) in [5.41, 5.74) is -0.273. The Hall–Kier alpha value is -2.80. The fourth-order valence-corrected chi connectivity index (χ4v) is 2.37. The van der Waals surface area contributed by atoms with E-state index in [9.17, 15) is 13.6 Å². The van der Waals surface area contributed by atoms with Crippen LogP contribution in [0.5, 0.6) is 10.9 Å². The Balaban J connectivity index is 1.80. The van der Waals surface area contributed by atoms with Crippen molar-refractivity contribution in [2.75, 3.05) is 5.32 Å². The maximum absolute atomic E-state index is 13.6. The minimum atomic E-state index is -0.839. The number of aromatic nitrogens is 1. The van der Waals surface area contributed by atoms with Crippen molar-refractivity contribution in [1.29, 1.82) is 0 Å². The van der Waals surface area contributed by atoms with Gasteiger partial charge in [0.1, 0.15) is 23.1 Å². The zero-order chi connectivity index (χ0) is 16.2. The molecule has 0 aliphatic heterocycles. The number of ether oxygens (including phenoxy) is 1. The van der Waals surface area contributed by atoms with E-state index in [0.29, 0.717) is 10.9 Å². The van der Waals surface area contributed by atoms with E-state index < -0.39 is 23.2 Å². The monoisotopic (exact) mass is 332 g/mol. The van der Waals surface area contributed by atoms with Crippen LogP contribution in [-0.2, 0) is 0 Å². The van der Waals surface area contributed by atoms with E-state index in [0.717, 1.165) is 12.1 Å². The van der Waals surface area contributed by atoms with Gasteiger partial charge in [-0.15, -0.1) is 0 Å². The van der Waals surface area contributed by atoms with Gasteiger partial charge in [0.15, 0.2) is 0 Å². The quantitative estimate of drug-likeness (QED) is 0.767. The predicted molar refractivity (Wildman–Crippen MR) is 82.9 cm³/mol. The second-order valence-corrected chi connectivity index (χ2v) is 5.34. The lowest BCUT2D eigenvalue weighted by Gasteiger charge is -2.08. The molecule has 23 heavy (non-hydrogen) atoms. The Morgan fingerprint density at radius 1 is 1.13 bits per heavy atom. The van der Waals surface area contributed by atoms with Crippen LogP contribution in [0.4, 0.5) is 14.5 Å². The molecule has 0 aliphatic carbocycles. The van der Waals surface area contributed by atoms with Crippen LogP contribution in [0.25, 0.3) is 0 Å². The molecule has 0 saturated heterocycles. The van der Waals surface area contributed by atoms with E-state index >= 15 is 0 Å². The Labute approximate surface area is 134 Å². The number of carbonyl (C=O) groups excluding carboxylic acids is 1. The fraction of sp³-hybridized carbons (Fsp3) is 0. The van der Waals surface area contributed by atoms with Gasteiger partial charge in [-0.25, -0.2) is 13.8 Å². The van der Waals surface area contributed by atoms with Gasteiger partial charge in [0.2, 0.25) is 0 Å². The first-order valence-corrected chi connectivity index (χ1v) is 7.44. The summed E-state index contributed by atoms with van der Waals surface area (Å²) in [7, 11) is 0. The maximum atomic E-state index is 13.6. The molecule has 0 fully saturated rings. The molecule has 2 aromatic carbocycles. The highest BCUT2D eigenvalue weighted by Crippen LogP contribution is 2.25. The van der Waals surface area contributed by atoms with Gasteiger partial charge in [-0.3, -0.25) is 4.79 Å². The number of hydrogen-bond acceptors (Lipinski definition) is 4. The van der Waals surface area contributed by atoms with Crippen LogP contribution in [0.3, 0.4) is 0 Å². The molecule has 1 N–H and O–H groups in total. The van der Waals surface area contributed by atoms with E-state index in [2.05, 4.69) is 10.3 Å². The summed E-state index contributed by atoms with van der Waals surface area (Å²) >= 11 is 1.31. The van der Waals surface area contributed by atoms with Gasteiger partial charge in [0, 0.05) is 17.1 Å². The highest BCUT2D eigenvalue weighted by Gasteiger charge is 2.14. The van der Waals surface area contributed by atoms with Gasteiger partial charge in [0.05, 0.1) is 0 Å². The SMILES string of the molecule is O=C(Nc1c(F)cccc1F)c1cccc(Oc2nccs2)c1. The molecule has 3 aromatic rings. The highest BCUT2D eigenvalue weighted by molar-refractivity contribution is 7.11. The summed E-state index contributed by atoms with van der Waals surface area (Å²) in [4.78, 5) is 16.1. The number of carbonyl (C=O) groups is 1. The van der Waals surface area contributed by atoms with E-state index in [-0.39, 0.29) is 5.56 Å². The number of halogens is 2. The minimum Gasteiger partial charge on any atom is -0.431 e. The lowest BCUT2D eigenvalue weighted by Crippen LogP contribution is -2.14. The molecule has 0 saturated carbocycles. The van der Waals surface area contributed by atoms with Crippen molar-refractivity contribution in [2.45, 2.75) is 0 Å². The van der Waals surface area contributed by atoms with Crippen LogP contribution in [0, 0.1) is 11.6 Å². The lowest BCUT2D eigenvalue weighted by atomic mass is 10.2. The molecule has 4 nitrogen and oxygen atoms in total. The van der Waals surface area contributed by atoms with Gasteiger partial charge in [-0.05, 0) is 30.3 Å². The van der Waals surface area contributed by atoms with Crippen molar-refractivity contribution in [3.05, 3.63) is 71.2 Å². The van der Waals surface area contributed by atoms with Gasteiger partial charge >= 0.3 is 0 Å². The first-order chi connectivity index (χ1) is 11.1. The zero-order valence-electron chi connectivity index (χ0n) is 11.6. The molecular weight excluding hydrogens is 322 g/mol. The molecule has 1 amide bonds. The Kier molecular flexibility index (Phi) is 4.29. The molecule has 0 bridgehead atoms. The number of benzene rings is 2. The van der Waals surface area contributed by atoms with Gasteiger partial charge < -0.3 is 10.1 Å². The summed E-state index contributed by atoms with van der Waals surface area (Å²) in [6, 6.07) is 9.61. The van der Waals surface area contributed by atoms with E-state index in [1.165, 1.54) is 29.5 Å². The van der Waals surface area contributed by atoms with E-state index in [1.54, 1.807) is 23.7 Å². The molecule has 0 radical (unpaired) electrons. The van der Waals surface area contributed by atoms with Crippen LogP contribution in [0.15, 0.2) is 54.0 Å². The normalized spacial score (nSPS) is 10.3. The molecule has 3 rings (SSSR count). The predicted octanol–water partition coefficient (Wildman–Crippen LogP) is 4.47. The first kappa shape index (κ1) is 15.1. The number of rotatable bonds is 4. The molecule has 7 heteroatoms. The largest absolute Gasteiger partial charge is 0.431 e. The van der Waals surface area contributed by atoms with Crippen LogP contribution < -0.4 is 10.1 Å². The van der Waals surface area contributed by atoms with Gasteiger partial charge in [0.25, 0.3) is 11.1 Å². The number of nitrogens with zero attached hydrogens (tertiary/aromatic N) is 1. The molecule has 0 unspecified atom stereocenters. The maximum Gasteiger partial charge on any atom is 0.278 e. The fourth-order valence-electron chi connectivity index (χ4n) is 1.87. The molecule has 116 valence electrons. The number of amides is 1. The number of thiazole rings is 1. The summed E-state index contributed by atoms with van der Waals surface area (Å²) in [5.74, 6) is -1.91. The molecule has 1 aromatic heterocycles. The molecule has 0 spiro atoms. The van der Waals surface area contributed by atoms with Crippen LogP contribution >= 0.6 is 11.3 Å². The molecule has 1 heterocycles. The first-order valence-electron chi connectivity index (χ1n) is 6.56. The van der Waals surface area contributed by atoms with Gasteiger partial charge in [-0.1, -0.05) is 23.5 Å². The second kappa shape index (κ2) is 6.53. The van der Waals surface area contributed by atoms with Gasteiger partial charge in [-0.2, -0.15) is 0 Å². The average Bonchev–Trinajstić information content (AvgIpc) is 3.04. The number of nitrogens with one attached hydrogen (secondary N) is 1. The zero-order valence-corrected chi connectivity index (χ0v) is 12.4. The van der Waals surface area contributed by atoms with Crippen LogP contribution in [0.2, 0.25) is 0 Å². The smallest absolute Gasteiger partial charge is 0.278 e. The van der Waals surface area contributed by atoms with Crippen molar-refractivity contribution in [2.24, 2.45) is 0 Å². The summed E-state index contributed by atoms with van der Waals surface area (Å²) in [6.45, 7) is 0. The van der Waals surface area contributed by atoms with Crippen molar-refractivity contribution in [3.63, 3.8) is 0 Å². The molecule has 0 atom stereocenters. The average molecular weight is 332 g/mol. The van der Waals surface area contributed by atoms with Crippen molar-refractivity contribution < 1.29 is 18.3 Å². The lowest BCUT2D eigenvalue weighted by molar-refractivity contribution is 0.102. The van der Waals surface area contributed by atoms with E-state index in [4.69, 9.17) is 4.74 Å². The Bertz CT molecular complexity index is 818. The van der Waals surface area contributed by atoms with Crippen LogP contribution in [0.1, 0.15) is 10.4 Å². The molecular formula is C16H10F2N2O2S. The standard InChI is InChI=1S/C16H10F2N2O2S/c17-12-5-2-6-13(18)14(12)20-15(21)10-3-1-4-11(9-10)22-16-19-7-8-23-16/h1-9H,(H,20,21). The van der Waals surface area contributed by atoms with Crippen molar-refractivity contribution in [1.82, 2.24) is 4.98 Å². The minimum absolute atomic E-state index is 0.210.